The number of nitrogens with two attached hydrogens (primary N) is 3. The number of nitrogens with zero attached hydrogens (tertiary/aromatic N) is 4. The molecule has 0 bridgehead atoms. The normalized spacial score (nSPS) is 11.6. The van der Waals surface area contributed by atoms with E-state index in [2.05, 4.69) is 40.2 Å². The van der Waals surface area contributed by atoms with Gasteiger partial charge in [-0.15, -0.1) is 0 Å². The van der Waals surface area contributed by atoms with Crippen LogP contribution in [0, 0.1) is 6.92 Å². The van der Waals surface area contributed by atoms with Crippen LogP contribution in [-0.4, -0.2) is 27.0 Å². The predicted octanol–water partition coefficient (Wildman–Crippen LogP) is 2.67. The van der Waals surface area contributed by atoms with E-state index in [1.807, 2.05) is 18.3 Å². The van der Waals surface area contributed by atoms with E-state index in [0.29, 0.717) is 23.0 Å². The van der Waals surface area contributed by atoms with Crippen molar-refractivity contribution < 1.29 is 0 Å². The summed E-state index contributed by atoms with van der Waals surface area (Å²) in [6.45, 7) is 4.24. The van der Waals surface area contributed by atoms with Crippen LogP contribution in [0.4, 0.5) is 17.5 Å². The Bertz CT molecular complexity index is 1030. The van der Waals surface area contributed by atoms with E-state index >= 15 is 0 Å². The molecule has 146 valence electrons. The topological polar surface area (TPSA) is 132 Å². The van der Waals surface area contributed by atoms with Gasteiger partial charge in [0, 0.05) is 31.0 Å². The van der Waals surface area contributed by atoms with Gasteiger partial charge in [-0.1, -0.05) is 13.3 Å². The highest BCUT2D eigenvalue weighted by atomic mass is 15.4. The van der Waals surface area contributed by atoms with E-state index in [1.54, 1.807) is 13.2 Å². The Hall–Kier alpha value is -3.39. The summed E-state index contributed by atoms with van der Waals surface area (Å²) < 4.78 is 0. The zero-order valence-electron chi connectivity index (χ0n) is 16.4. The van der Waals surface area contributed by atoms with E-state index in [-0.39, 0.29) is 0 Å². The molecule has 8 nitrogen and oxygen atoms in total. The Morgan fingerprint density at radius 3 is 2.57 bits per heavy atom. The second kappa shape index (κ2) is 8.10. The predicted molar refractivity (Wildman–Crippen MR) is 114 cm³/mol. The molecule has 0 aliphatic carbocycles. The Labute approximate surface area is 164 Å². The van der Waals surface area contributed by atoms with Crippen molar-refractivity contribution in [2.45, 2.75) is 26.7 Å². The number of anilines is 3. The van der Waals surface area contributed by atoms with Gasteiger partial charge in [-0.3, -0.25) is 0 Å². The summed E-state index contributed by atoms with van der Waals surface area (Å²) in [4.78, 5) is 13.3. The standard InChI is InChI=1S/C20H26N8/c1-4-5-13-7-18(24-10-12(13)2)27-19-8-14-6-16(17(9-21)28(3)23)26-20(22)15(14)11-25-19/h6-11H,4-5,21,23H2,1-3H3,(H2,22,26)(H,24,25,27)/b17-9-. The van der Waals surface area contributed by atoms with Gasteiger partial charge in [-0.2, -0.15) is 0 Å². The van der Waals surface area contributed by atoms with Crippen molar-refractivity contribution in [1.82, 2.24) is 20.0 Å². The van der Waals surface area contributed by atoms with Crippen LogP contribution in [0.25, 0.3) is 16.5 Å². The van der Waals surface area contributed by atoms with Gasteiger partial charge in [0.1, 0.15) is 17.5 Å². The summed E-state index contributed by atoms with van der Waals surface area (Å²) in [5, 5.41) is 6.31. The molecular weight excluding hydrogens is 352 g/mol. The van der Waals surface area contributed by atoms with Crippen LogP contribution in [0.3, 0.4) is 0 Å². The minimum atomic E-state index is 0.367. The van der Waals surface area contributed by atoms with E-state index in [1.165, 1.54) is 22.3 Å². The number of hydrogen-bond donors (Lipinski definition) is 4. The van der Waals surface area contributed by atoms with Crippen molar-refractivity contribution >= 4 is 33.9 Å². The molecule has 0 atom stereocenters. The molecule has 28 heavy (non-hydrogen) atoms. The molecule has 0 spiro atoms. The quantitative estimate of drug-likeness (QED) is 0.380. The Morgan fingerprint density at radius 1 is 1.18 bits per heavy atom. The number of nitrogen functional groups attached to an aromatic ring is 1. The lowest BCUT2D eigenvalue weighted by Gasteiger charge is -2.16. The second-order valence-electron chi connectivity index (χ2n) is 6.72. The second-order valence-corrected chi connectivity index (χ2v) is 6.72. The van der Waals surface area contributed by atoms with E-state index in [4.69, 9.17) is 17.3 Å². The molecule has 0 aliphatic rings. The molecule has 3 aromatic rings. The van der Waals surface area contributed by atoms with Crippen molar-refractivity contribution in [3.63, 3.8) is 0 Å². The summed E-state index contributed by atoms with van der Waals surface area (Å²) in [6, 6.07) is 5.85. The summed E-state index contributed by atoms with van der Waals surface area (Å²) >= 11 is 0. The highest BCUT2D eigenvalue weighted by Crippen LogP contribution is 2.26. The van der Waals surface area contributed by atoms with Crippen LogP contribution in [0.5, 0.6) is 0 Å². The lowest BCUT2D eigenvalue weighted by Crippen LogP contribution is -2.25. The van der Waals surface area contributed by atoms with Crippen molar-refractivity contribution in [2.75, 3.05) is 18.1 Å². The van der Waals surface area contributed by atoms with Gasteiger partial charge >= 0.3 is 0 Å². The first-order chi connectivity index (χ1) is 13.4. The van der Waals surface area contributed by atoms with Gasteiger partial charge < -0.3 is 21.8 Å². The fourth-order valence-corrected chi connectivity index (χ4v) is 3.06. The molecule has 0 radical (unpaired) electrons. The fourth-order valence-electron chi connectivity index (χ4n) is 3.06. The maximum atomic E-state index is 6.11. The van der Waals surface area contributed by atoms with Crippen LogP contribution < -0.4 is 22.6 Å². The number of nitrogens with one attached hydrogen (secondary N) is 1. The largest absolute Gasteiger partial charge is 0.403 e. The maximum Gasteiger partial charge on any atom is 0.133 e. The number of aromatic nitrogens is 3. The van der Waals surface area contributed by atoms with Gasteiger partial charge in [-0.25, -0.2) is 20.8 Å². The lowest BCUT2D eigenvalue weighted by molar-refractivity contribution is 0.508. The Balaban J connectivity index is 1.98. The molecule has 0 saturated carbocycles. The smallest absolute Gasteiger partial charge is 0.133 e. The first kappa shape index (κ1) is 19.4. The molecule has 8 heteroatoms. The maximum absolute atomic E-state index is 6.11. The van der Waals surface area contributed by atoms with Gasteiger partial charge in [-0.05, 0) is 48.1 Å². The number of aryl methyl sites for hydroxylation is 2. The first-order valence-corrected chi connectivity index (χ1v) is 9.12. The monoisotopic (exact) mass is 378 g/mol. The van der Waals surface area contributed by atoms with Crippen LogP contribution in [0.2, 0.25) is 0 Å². The molecular formula is C20H26N8. The first-order valence-electron chi connectivity index (χ1n) is 9.12. The van der Waals surface area contributed by atoms with Crippen molar-refractivity contribution in [2.24, 2.45) is 11.6 Å². The number of hydrogen-bond acceptors (Lipinski definition) is 8. The molecule has 3 heterocycles. The summed E-state index contributed by atoms with van der Waals surface area (Å²) in [6.07, 6.45) is 7.08. The highest BCUT2D eigenvalue weighted by Gasteiger charge is 2.11. The van der Waals surface area contributed by atoms with Crippen molar-refractivity contribution in [3.8, 4) is 0 Å². The molecule has 0 unspecified atom stereocenters. The molecule has 0 saturated heterocycles. The molecule has 0 fully saturated rings. The van der Waals surface area contributed by atoms with Crippen LogP contribution in [-0.2, 0) is 6.42 Å². The van der Waals surface area contributed by atoms with Gasteiger partial charge in [0.05, 0.1) is 11.4 Å². The fraction of sp³-hybridized carbons (Fsp3) is 0.250. The number of rotatable bonds is 6. The van der Waals surface area contributed by atoms with Crippen LogP contribution in [0.1, 0.15) is 30.2 Å². The minimum Gasteiger partial charge on any atom is -0.403 e. The lowest BCUT2D eigenvalue weighted by atomic mass is 10.1. The van der Waals surface area contributed by atoms with Crippen molar-refractivity contribution in [3.05, 3.63) is 53.6 Å². The number of pyridine rings is 3. The SMILES string of the molecule is CCCc1cc(Nc2cc3cc(/C(=C/N)N(C)N)nc(N)c3cn2)ncc1C. The van der Waals surface area contributed by atoms with Crippen LogP contribution >= 0.6 is 0 Å². The molecule has 7 N–H and O–H groups in total. The van der Waals surface area contributed by atoms with E-state index < -0.39 is 0 Å². The molecule has 3 rings (SSSR count). The summed E-state index contributed by atoms with van der Waals surface area (Å²) in [5.41, 5.74) is 15.4. The molecule has 0 aromatic carbocycles. The summed E-state index contributed by atoms with van der Waals surface area (Å²) in [7, 11) is 1.69. The van der Waals surface area contributed by atoms with Crippen LogP contribution in [0.15, 0.2) is 36.8 Å². The van der Waals surface area contributed by atoms with Gasteiger partial charge in [0.25, 0.3) is 0 Å². The van der Waals surface area contributed by atoms with E-state index in [0.717, 1.165) is 29.4 Å². The third-order valence-electron chi connectivity index (χ3n) is 4.54. The van der Waals surface area contributed by atoms with Gasteiger partial charge in [0.2, 0.25) is 0 Å². The van der Waals surface area contributed by atoms with Gasteiger partial charge in [0.15, 0.2) is 0 Å². The van der Waals surface area contributed by atoms with Crippen molar-refractivity contribution in [1.29, 1.82) is 0 Å². The molecule has 0 amide bonds. The molecule has 3 aromatic heterocycles. The minimum absolute atomic E-state index is 0.367. The number of hydrazine groups is 1. The zero-order chi connectivity index (χ0) is 20.3. The average Bonchev–Trinajstić information content (AvgIpc) is 2.65. The third-order valence-corrected chi connectivity index (χ3v) is 4.54. The zero-order valence-corrected chi connectivity index (χ0v) is 16.4. The molecule has 0 aliphatic heterocycles. The Kier molecular flexibility index (Phi) is 5.60. The third kappa shape index (κ3) is 3.96. The highest BCUT2D eigenvalue weighted by molar-refractivity contribution is 5.93. The number of fused-ring (bicyclic) bond motifs is 1. The van der Waals surface area contributed by atoms with E-state index in [9.17, 15) is 0 Å². The summed E-state index contributed by atoms with van der Waals surface area (Å²) in [5.74, 6) is 7.62. The average molecular weight is 378 g/mol. The Morgan fingerprint density at radius 2 is 1.89 bits per heavy atom.